The third kappa shape index (κ3) is 3.50. The molecule has 0 bridgehead atoms. The van der Waals surface area contributed by atoms with E-state index in [2.05, 4.69) is 0 Å². The largest absolute Gasteiger partial charge is 0.441 e. The molecule has 1 radical (unpaired) electrons. The Morgan fingerprint density at radius 2 is 1.58 bits per heavy atom. The number of hydrogen-bond acceptors (Lipinski definition) is 4. The highest BCUT2D eigenvalue weighted by Crippen LogP contribution is 2.30. The lowest BCUT2D eigenvalue weighted by Gasteiger charge is -2.31. The molecule has 1 heterocycles. The molecule has 0 aromatic heterocycles. The lowest BCUT2D eigenvalue weighted by atomic mass is 10.1. The maximum atomic E-state index is 11.7. The van der Waals surface area contributed by atoms with Crippen molar-refractivity contribution in [3.63, 3.8) is 0 Å². The van der Waals surface area contributed by atoms with E-state index in [0.29, 0.717) is 23.8 Å². The molecule has 123 valence electrons. The second-order valence-corrected chi connectivity index (χ2v) is 6.91. The first-order chi connectivity index (χ1) is 11.4. The van der Waals surface area contributed by atoms with Gasteiger partial charge in [0.1, 0.15) is 5.75 Å². The summed E-state index contributed by atoms with van der Waals surface area (Å²) in [6, 6.07) is 18.7. The average Bonchev–Trinajstić information content (AvgIpc) is 2.57. The van der Waals surface area contributed by atoms with Crippen LogP contribution in [0.5, 0.6) is 5.75 Å². The van der Waals surface area contributed by atoms with Gasteiger partial charge in [-0.1, -0.05) is 36.4 Å². The molecule has 0 fully saturated rings. The first-order valence-electron chi connectivity index (χ1n) is 7.42. The molecule has 24 heavy (non-hydrogen) atoms. The summed E-state index contributed by atoms with van der Waals surface area (Å²) in [5.74, 6) is 0.981. The van der Waals surface area contributed by atoms with Crippen LogP contribution in [0.25, 0.3) is 0 Å². The van der Waals surface area contributed by atoms with Crippen LogP contribution < -0.4 is 14.8 Å². The number of nitrogens with zero attached hydrogens (tertiary/aromatic N) is 1. The average molecular weight is 341 g/mol. The molecule has 1 aliphatic rings. The molecule has 0 saturated carbocycles. The fraction of sp³-hybridized carbons (Fsp3) is 0.111. The number of hydrogen-bond donors (Lipinski definition) is 0. The summed E-state index contributed by atoms with van der Waals surface area (Å²) in [7, 11) is -4.06. The monoisotopic (exact) mass is 341 g/mol. The van der Waals surface area contributed by atoms with Crippen molar-refractivity contribution in [2.45, 2.75) is 6.92 Å². The highest BCUT2D eigenvalue weighted by atomic mass is 32.2. The lowest BCUT2D eigenvalue weighted by Crippen LogP contribution is -2.32. The predicted octanol–water partition coefficient (Wildman–Crippen LogP) is 3.31. The van der Waals surface area contributed by atoms with Gasteiger partial charge < -0.3 is 9.64 Å². The molecule has 5 nitrogen and oxygen atoms in total. The van der Waals surface area contributed by atoms with Crippen LogP contribution in [-0.4, -0.2) is 15.0 Å². The Morgan fingerprint density at radius 3 is 2.17 bits per heavy atom. The van der Waals surface area contributed by atoms with Gasteiger partial charge in [-0.15, -0.1) is 5.14 Å². The fourth-order valence-electron chi connectivity index (χ4n) is 2.53. The van der Waals surface area contributed by atoms with Crippen molar-refractivity contribution in [2.24, 2.45) is 0 Å². The summed E-state index contributed by atoms with van der Waals surface area (Å²) >= 11 is 0. The van der Waals surface area contributed by atoms with E-state index in [1.165, 1.54) is 6.08 Å². The predicted molar refractivity (Wildman–Crippen MR) is 93.7 cm³/mol. The minimum atomic E-state index is -4.06. The van der Waals surface area contributed by atoms with Crippen molar-refractivity contribution in [3.05, 3.63) is 83.1 Å². The summed E-state index contributed by atoms with van der Waals surface area (Å²) in [6.07, 6.45) is 1.42. The number of rotatable bonds is 4. The molecule has 0 aliphatic carbocycles. The molecule has 3 rings (SSSR count). The highest BCUT2D eigenvalue weighted by Gasteiger charge is 2.26. The van der Waals surface area contributed by atoms with Crippen molar-refractivity contribution in [2.75, 3.05) is 11.4 Å². The minimum absolute atomic E-state index is 0.0133. The third-order valence-corrected chi connectivity index (χ3v) is 4.70. The molecular formula is C18H17N2O3S. The van der Waals surface area contributed by atoms with Gasteiger partial charge in [0.2, 0.25) is 5.88 Å². The van der Waals surface area contributed by atoms with E-state index in [4.69, 9.17) is 9.88 Å². The minimum Gasteiger partial charge on any atom is -0.441 e. The molecule has 0 atom stereocenters. The van der Waals surface area contributed by atoms with Crippen LogP contribution in [0.15, 0.2) is 83.1 Å². The van der Waals surface area contributed by atoms with Crippen LogP contribution in [0.2, 0.25) is 0 Å². The van der Waals surface area contributed by atoms with E-state index in [9.17, 15) is 8.42 Å². The van der Waals surface area contributed by atoms with E-state index in [1.807, 2.05) is 53.4 Å². The Kier molecular flexibility index (Phi) is 4.42. The summed E-state index contributed by atoms with van der Waals surface area (Å²) in [4.78, 5) is 1.87. The van der Waals surface area contributed by atoms with Gasteiger partial charge in [-0.25, -0.2) is 8.42 Å². The van der Waals surface area contributed by atoms with Gasteiger partial charge >= 0.3 is 0 Å². The van der Waals surface area contributed by atoms with Crippen molar-refractivity contribution in [1.29, 1.82) is 0 Å². The molecule has 2 aromatic rings. The fourth-order valence-corrected chi connectivity index (χ4v) is 3.31. The Balaban J connectivity index is 2.05. The summed E-state index contributed by atoms with van der Waals surface area (Å²) < 4.78 is 29.4. The normalized spacial score (nSPS) is 15.2. The zero-order chi connectivity index (χ0) is 17.2. The SMILES string of the molecule is CC1=C(S([NH])(=O)=O)C=C(Oc2ccccc2)N(c2ccccc2)C1. The van der Waals surface area contributed by atoms with Gasteiger partial charge in [-0.2, -0.15) is 0 Å². The van der Waals surface area contributed by atoms with Gasteiger partial charge in [0.15, 0.2) is 0 Å². The molecule has 0 unspecified atom stereocenters. The van der Waals surface area contributed by atoms with Gasteiger partial charge in [0.05, 0.1) is 4.91 Å². The lowest BCUT2D eigenvalue weighted by molar-refractivity contribution is 0.405. The number of benzene rings is 2. The van der Waals surface area contributed by atoms with Crippen LogP contribution >= 0.6 is 0 Å². The molecule has 6 heteroatoms. The number of sulfonamides is 1. The number of ether oxygens (including phenoxy) is 1. The molecule has 1 N–H and O–H groups in total. The van der Waals surface area contributed by atoms with E-state index in [-0.39, 0.29) is 4.91 Å². The van der Waals surface area contributed by atoms with Gasteiger partial charge in [0.25, 0.3) is 10.0 Å². The summed E-state index contributed by atoms with van der Waals surface area (Å²) in [6.45, 7) is 2.06. The first-order valence-corrected chi connectivity index (χ1v) is 8.90. The van der Waals surface area contributed by atoms with Gasteiger partial charge in [-0.05, 0) is 36.8 Å². The number of anilines is 1. The van der Waals surface area contributed by atoms with Crippen LogP contribution in [0.3, 0.4) is 0 Å². The summed E-state index contributed by atoms with van der Waals surface area (Å²) in [5.41, 5.74) is 1.50. The molecule has 0 saturated heterocycles. The first kappa shape index (κ1) is 16.3. The van der Waals surface area contributed by atoms with Crippen LogP contribution in [0.1, 0.15) is 6.92 Å². The van der Waals surface area contributed by atoms with E-state index < -0.39 is 10.0 Å². The second kappa shape index (κ2) is 6.51. The Labute approximate surface area is 141 Å². The standard InChI is InChI=1S/C18H17N2O3S/c1-14-13-20(15-8-4-2-5-9-15)18(12-17(14)24(19,21)22)23-16-10-6-3-7-11-16/h2-12,19H,13H2,1H3. The summed E-state index contributed by atoms with van der Waals surface area (Å²) in [5, 5.41) is 7.39. The molecule has 0 amide bonds. The van der Waals surface area contributed by atoms with E-state index >= 15 is 0 Å². The van der Waals surface area contributed by atoms with Crippen LogP contribution in [0, 0.1) is 0 Å². The van der Waals surface area contributed by atoms with Crippen molar-refractivity contribution >= 4 is 15.7 Å². The quantitative estimate of drug-likeness (QED) is 0.855. The maximum absolute atomic E-state index is 11.7. The van der Waals surface area contributed by atoms with Crippen molar-refractivity contribution in [1.82, 2.24) is 5.14 Å². The Bertz CT molecular complexity index is 888. The molecule has 0 spiro atoms. The maximum Gasteiger partial charge on any atom is 0.254 e. The van der Waals surface area contributed by atoms with Crippen LogP contribution in [-0.2, 0) is 10.0 Å². The number of allylic oxidation sites excluding steroid dienone is 1. The van der Waals surface area contributed by atoms with Crippen molar-refractivity contribution in [3.8, 4) is 5.75 Å². The van der Waals surface area contributed by atoms with Crippen molar-refractivity contribution < 1.29 is 13.2 Å². The molecule has 1 aliphatic heterocycles. The number of para-hydroxylation sites is 2. The zero-order valence-corrected chi connectivity index (χ0v) is 14.0. The smallest absolute Gasteiger partial charge is 0.254 e. The second-order valence-electron chi connectivity index (χ2n) is 5.47. The van der Waals surface area contributed by atoms with E-state index in [1.54, 1.807) is 19.1 Å². The van der Waals surface area contributed by atoms with Gasteiger partial charge in [0, 0.05) is 18.3 Å². The topological polar surface area (TPSA) is 70.4 Å². The molecule has 2 aromatic carbocycles. The third-order valence-electron chi connectivity index (χ3n) is 3.66. The van der Waals surface area contributed by atoms with E-state index in [0.717, 1.165) is 5.69 Å². The Morgan fingerprint density at radius 1 is 1.00 bits per heavy atom. The zero-order valence-electron chi connectivity index (χ0n) is 13.1. The molecular weight excluding hydrogens is 324 g/mol. The van der Waals surface area contributed by atoms with Crippen LogP contribution in [0.4, 0.5) is 5.69 Å². The Hall–Kier alpha value is -2.57. The van der Waals surface area contributed by atoms with Gasteiger partial charge in [-0.3, -0.25) is 0 Å². The number of nitrogens with one attached hydrogen (secondary N) is 1. The highest BCUT2D eigenvalue weighted by molar-refractivity contribution is 7.92.